The van der Waals surface area contributed by atoms with Gasteiger partial charge in [-0.05, 0) is 13.3 Å². The van der Waals surface area contributed by atoms with Crippen molar-refractivity contribution in [3.8, 4) is 0 Å². The third-order valence-electron chi connectivity index (χ3n) is 2.23. The van der Waals surface area contributed by atoms with Crippen molar-refractivity contribution in [3.05, 3.63) is 0 Å². The second kappa shape index (κ2) is 4.72. The number of ether oxygens (including phenoxy) is 3. The molecule has 1 unspecified atom stereocenters. The Morgan fingerprint density at radius 1 is 1.64 bits per heavy atom. The van der Waals surface area contributed by atoms with Crippen LogP contribution in [-0.4, -0.2) is 44.5 Å². The van der Waals surface area contributed by atoms with Gasteiger partial charge in [-0.3, -0.25) is 4.79 Å². The van der Waals surface area contributed by atoms with Crippen LogP contribution in [0.2, 0.25) is 0 Å². The van der Waals surface area contributed by atoms with E-state index < -0.39 is 11.5 Å². The van der Waals surface area contributed by atoms with Gasteiger partial charge < -0.3 is 19.9 Å². The number of rotatable bonds is 5. The zero-order valence-electron chi connectivity index (χ0n) is 8.62. The first-order valence-corrected chi connectivity index (χ1v) is 4.63. The second-order valence-electron chi connectivity index (χ2n) is 3.69. The molecule has 5 heteroatoms. The predicted molar refractivity (Wildman–Crippen MR) is 49.8 cm³/mol. The molecule has 14 heavy (non-hydrogen) atoms. The zero-order valence-corrected chi connectivity index (χ0v) is 8.62. The molecular weight excluding hydrogens is 186 g/mol. The Bertz CT molecular complexity index is 201. The smallest absolute Gasteiger partial charge is 0.325 e. The molecule has 1 aliphatic heterocycles. The maximum absolute atomic E-state index is 11.2. The van der Waals surface area contributed by atoms with Crippen molar-refractivity contribution in [2.45, 2.75) is 25.0 Å². The van der Waals surface area contributed by atoms with Gasteiger partial charge in [-0.2, -0.15) is 0 Å². The number of carbonyl (C=O) groups excluding carboxylic acids is 1. The van der Waals surface area contributed by atoms with Crippen molar-refractivity contribution in [1.82, 2.24) is 0 Å². The summed E-state index contributed by atoms with van der Waals surface area (Å²) < 4.78 is 14.9. The van der Waals surface area contributed by atoms with Crippen molar-refractivity contribution in [1.29, 1.82) is 0 Å². The van der Waals surface area contributed by atoms with E-state index in [1.54, 1.807) is 6.92 Å². The summed E-state index contributed by atoms with van der Waals surface area (Å²) >= 11 is 0. The van der Waals surface area contributed by atoms with E-state index >= 15 is 0 Å². The molecule has 0 aromatic carbocycles. The molecule has 1 heterocycles. The van der Waals surface area contributed by atoms with E-state index in [4.69, 9.17) is 15.2 Å². The third kappa shape index (κ3) is 2.94. The van der Waals surface area contributed by atoms with E-state index in [1.807, 2.05) is 0 Å². The molecule has 0 aromatic heterocycles. The highest BCUT2D eigenvalue weighted by Crippen LogP contribution is 2.11. The van der Waals surface area contributed by atoms with E-state index in [-0.39, 0.29) is 6.10 Å². The molecule has 1 fully saturated rings. The summed E-state index contributed by atoms with van der Waals surface area (Å²) in [6, 6.07) is 0. The van der Waals surface area contributed by atoms with Crippen molar-refractivity contribution in [3.63, 3.8) is 0 Å². The minimum Gasteiger partial charge on any atom is -0.468 e. The van der Waals surface area contributed by atoms with Crippen LogP contribution in [0.4, 0.5) is 0 Å². The molecule has 1 saturated heterocycles. The molecule has 0 aliphatic carbocycles. The summed E-state index contributed by atoms with van der Waals surface area (Å²) in [5, 5.41) is 0. The van der Waals surface area contributed by atoms with Gasteiger partial charge in [0.15, 0.2) is 0 Å². The fourth-order valence-corrected chi connectivity index (χ4v) is 1.08. The molecule has 5 nitrogen and oxygen atoms in total. The summed E-state index contributed by atoms with van der Waals surface area (Å²) in [7, 11) is 1.33. The molecule has 2 N–H and O–H groups in total. The standard InChI is InChI=1S/C9H17NO4/c1-9(10,8(11)12-2)3-4-14-7-5-13-6-7/h7H,3-6,10H2,1-2H3. The van der Waals surface area contributed by atoms with Gasteiger partial charge in [0.05, 0.1) is 20.3 Å². The van der Waals surface area contributed by atoms with Gasteiger partial charge in [-0.1, -0.05) is 0 Å². The first-order chi connectivity index (χ1) is 6.56. The molecule has 0 radical (unpaired) electrons. The summed E-state index contributed by atoms with van der Waals surface area (Å²) in [6.45, 7) is 3.37. The lowest BCUT2D eigenvalue weighted by Crippen LogP contribution is -2.47. The number of hydrogen-bond acceptors (Lipinski definition) is 5. The van der Waals surface area contributed by atoms with Crippen molar-refractivity contribution in [2.75, 3.05) is 26.9 Å². The molecule has 82 valence electrons. The first kappa shape index (κ1) is 11.4. The highest BCUT2D eigenvalue weighted by Gasteiger charge is 2.30. The number of hydrogen-bond donors (Lipinski definition) is 1. The SMILES string of the molecule is COC(=O)C(C)(N)CCOC1COC1. The highest BCUT2D eigenvalue weighted by atomic mass is 16.6. The molecule has 0 bridgehead atoms. The minimum absolute atomic E-state index is 0.170. The maximum atomic E-state index is 11.2. The Hall–Kier alpha value is -0.650. The van der Waals surface area contributed by atoms with Crippen LogP contribution in [0.25, 0.3) is 0 Å². The molecule has 0 amide bonds. The van der Waals surface area contributed by atoms with Gasteiger partial charge in [0, 0.05) is 6.61 Å². The molecule has 0 aromatic rings. The van der Waals surface area contributed by atoms with E-state index in [0.29, 0.717) is 26.2 Å². The predicted octanol–water partition coefficient (Wildman–Crippen LogP) is -0.318. The van der Waals surface area contributed by atoms with Crippen LogP contribution in [0.1, 0.15) is 13.3 Å². The van der Waals surface area contributed by atoms with Crippen LogP contribution in [0.3, 0.4) is 0 Å². The van der Waals surface area contributed by atoms with Gasteiger partial charge >= 0.3 is 5.97 Å². The Balaban J connectivity index is 2.17. The Kier molecular flexibility index (Phi) is 3.86. The lowest BCUT2D eigenvalue weighted by atomic mass is 10.0. The van der Waals surface area contributed by atoms with Crippen LogP contribution < -0.4 is 5.73 Å². The van der Waals surface area contributed by atoms with Crippen LogP contribution in [-0.2, 0) is 19.0 Å². The normalized spacial score (nSPS) is 21.1. The van der Waals surface area contributed by atoms with E-state index in [0.717, 1.165) is 0 Å². The zero-order chi connectivity index (χ0) is 10.6. The third-order valence-corrected chi connectivity index (χ3v) is 2.23. The van der Waals surface area contributed by atoms with Crippen LogP contribution >= 0.6 is 0 Å². The van der Waals surface area contributed by atoms with E-state index in [1.165, 1.54) is 7.11 Å². The Morgan fingerprint density at radius 3 is 2.71 bits per heavy atom. The molecule has 1 aliphatic rings. The fourth-order valence-electron chi connectivity index (χ4n) is 1.08. The lowest BCUT2D eigenvalue weighted by Gasteiger charge is -2.28. The first-order valence-electron chi connectivity index (χ1n) is 4.63. The number of carbonyl (C=O) groups is 1. The van der Waals surface area contributed by atoms with Crippen LogP contribution in [0.5, 0.6) is 0 Å². The quantitative estimate of drug-likeness (QED) is 0.620. The van der Waals surface area contributed by atoms with Gasteiger partial charge in [-0.25, -0.2) is 0 Å². The van der Waals surface area contributed by atoms with Gasteiger partial charge in [-0.15, -0.1) is 0 Å². The summed E-state index contributed by atoms with van der Waals surface area (Å²) in [5.41, 5.74) is 4.77. The van der Waals surface area contributed by atoms with Gasteiger partial charge in [0.2, 0.25) is 0 Å². The summed E-state index contributed by atoms with van der Waals surface area (Å²) in [4.78, 5) is 11.2. The van der Waals surface area contributed by atoms with Crippen molar-refractivity contribution < 1.29 is 19.0 Å². The monoisotopic (exact) mass is 203 g/mol. The van der Waals surface area contributed by atoms with Crippen molar-refractivity contribution >= 4 is 5.97 Å². The maximum Gasteiger partial charge on any atom is 0.325 e. The van der Waals surface area contributed by atoms with Crippen LogP contribution in [0.15, 0.2) is 0 Å². The largest absolute Gasteiger partial charge is 0.468 e. The Morgan fingerprint density at radius 2 is 2.29 bits per heavy atom. The number of nitrogens with two attached hydrogens (primary N) is 1. The molecular formula is C9H17NO4. The topological polar surface area (TPSA) is 70.8 Å². The highest BCUT2D eigenvalue weighted by molar-refractivity contribution is 5.79. The second-order valence-corrected chi connectivity index (χ2v) is 3.69. The fraction of sp³-hybridized carbons (Fsp3) is 0.889. The van der Waals surface area contributed by atoms with Gasteiger partial charge in [0.25, 0.3) is 0 Å². The number of esters is 1. The molecule has 0 saturated carbocycles. The molecule has 1 rings (SSSR count). The lowest BCUT2D eigenvalue weighted by molar-refractivity contribution is -0.150. The van der Waals surface area contributed by atoms with E-state index in [9.17, 15) is 4.79 Å². The van der Waals surface area contributed by atoms with Crippen LogP contribution in [0, 0.1) is 0 Å². The Labute approximate surface area is 83.5 Å². The molecule has 0 spiro atoms. The minimum atomic E-state index is -0.959. The van der Waals surface area contributed by atoms with Gasteiger partial charge in [0.1, 0.15) is 11.6 Å². The number of methoxy groups -OCH3 is 1. The summed E-state index contributed by atoms with van der Waals surface area (Å²) in [5.74, 6) is -0.411. The molecule has 1 atom stereocenters. The van der Waals surface area contributed by atoms with Crippen molar-refractivity contribution in [2.24, 2.45) is 5.73 Å². The van der Waals surface area contributed by atoms with E-state index in [2.05, 4.69) is 4.74 Å². The average molecular weight is 203 g/mol. The summed E-state index contributed by atoms with van der Waals surface area (Å²) in [6.07, 6.45) is 0.624. The average Bonchev–Trinajstić information content (AvgIpc) is 2.08.